The van der Waals surface area contributed by atoms with Gasteiger partial charge in [0.15, 0.2) is 10.8 Å². The van der Waals surface area contributed by atoms with Crippen molar-refractivity contribution in [3.8, 4) is 0 Å². The number of thioether (sulfide) groups is 1. The minimum Gasteiger partial charge on any atom is -0.383 e. The number of carbonyl (C=O) groups excluding carboxylic acids is 1. The summed E-state index contributed by atoms with van der Waals surface area (Å²) in [4.78, 5) is 41.2. The number of H-pyrrole nitrogens is 1. The molecule has 0 fully saturated rings. The number of amides is 1. The first-order chi connectivity index (χ1) is 14.5. The molecule has 164 valence electrons. The molecule has 3 N–H and O–H groups in total. The lowest BCUT2D eigenvalue weighted by atomic mass is 10.2. The number of rotatable bonds is 8. The highest BCUT2D eigenvalue weighted by molar-refractivity contribution is 7.99. The monoisotopic (exact) mass is 435 g/mol. The number of nitrogens with one attached hydrogen (secondary N) is 1. The SMILES string of the molecule is CCCCn1c(N)c(N(CC)C(=O)CSc2nnc3n2CCCCC3)c(=O)[nH]c1=O. The molecular weight excluding hydrogens is 406 g/mol. The van der Waals surface area contributed by atoms with E-state index in [9.17, 15) is 14.4 Å². The van der Waals surface area contributed by atoms with Crippen LogP contribution in [0, 0.1) is 0 Å². The van der Waals surface area contributed by atoms with E-state index in [1.165, 1.54) is 21.2 Å². The summed E-state index contributed by atoms with van der Waals surface area (Å²) in [5, 5.41) is 9.20. The predicted molar refractivity (Wildman–Crippen MR) is 117 cm³/mol. The van der Waals surface area contributed by atoms with Crippen molar-refractivity contribution in [2.24, 2.45) is 0 Å². The number of aryl methyl sites for hydroxylation is 1. The highest BCUT2D eigenvalue weighted by Crippen LogP contribution is 2.24. The zero-order chi connectivity index (χ0) is 21.7. The molecule has 0 unspecified atom stereocenters. The maximum absolute atomic E-state index is 13.0. The van der Waals surface area contributed by atoms with E-state index in [1.54, 1.807) is 6.92 Å². The fourth-order valence-corrected chi connectivity index (χ4v) is 4.46. The second-order valence-corrected chi connectivity index (χ2v) is 8.23. The molecule has 0 saturated carbocycles. The van der Waals surface area contributed by atoms with Gasteiger partial charge in [0.1, 0.15) is 11.6 Å². The van der Waals surface area contributed by atoms with E-state index in [1.807, 2.05) is 6.92 Å². The number of hydrogen-bond acceptors (Lipinski definition) is 7. The first-order valence-electron chi connectivity index (χ1n) is 10.5. The van der Waals surface area contributed by atoms with Gasteiger partial charge in [-0.1, -0.05) is 31.5 Å². The lowest BCUT2D eigenvalue weighted by molar-refractivity contribution is -0.116. The summed E-state index contributed by atoms with van der Waals surface area (Å²) < 4.78 is 3.40. The molecule has 1 amide bonds. The van der Waals surface area contributed by atoms with Crippen molar-refractivity contribution in [2.75, 3.05) is 22.9 Å². The Morgan fingerprint density at radius 3 is 2.77 bits per heavy atom. The van der Waals surface area contributed by atoms with Crippen LogP contribution in [0.15, 0.2) is 14.7 Å². The van der Waals surface area contributed by atoms with Crippen LogP contribution in [-0.2, 0) is 24.3 Å². The predicted octanol–water partition coefficient (Wildman–Crippen LogP) is 1.38. The number of hydrogen-bond donors (Lipinski definition) is 2. The molecule has 2 aromatic rings. The Kier molecular flexibility index (Phi) is 7.35. The van der Waals surface area contributed by atoms with Gasteiger partial charge in [0.05, 0.1) is 5.75 Å². The van der Waals surface area contributed by atoms with Crippen LogP contribution >= 0.6 is 11.8 Å². The quantitative estimate of drug-likeness (QED) is 0.599. The van der Waals surface area contributed by atoms with Gasteiger partial charge in [0.25, 0.3) is 5.56 Å². The number of nitrogens with zero attached hydrogens (tertiary/aromatic N) is 5. The first kappa shape index (κ1) is 22.1. The molecule has 2 aromatic heterocycles. The number of aromatic amines is 1. The van der Waals surface area contributed by atoms with E-state index in [0.717, 1.165) is 50.9 Å². The Balaban J connectivity index is 1.81. The molecule has 3 heterocycles. The fraction of sp³-hybridized carbons (Fsp3) is 0.632. The molecule has 10 nitrogen and oxygen atoms in total. The zero-order valence-corrected chi connectivity index (χ0v) is 18.3. The Morgan fingerprint density at radius 1 is 1.23 bits per heavy atom. The Morgan fingerprint density at radius 2 is 2.03 bits per heavy atom. The van der Waals surface area contributed by atoms with E-state index in [2.05, 4.69) is 19.7 Å². The number of fused-ring (bicyclic) bond motifs is 1. The summed E-state index contributed by atoms with van der Waals surface area (Å²) in [5.41, 5.74) is 4.97. The van der Waals surface area contributed by atoms with Gasteiger partial charge in [-0.25, -0.2) is 4.79 Å². The molecule has 11 heteroatoms. The summed E-state index contributed by atoms with van der Waals surface area (Å²) in [6.07, 6.45) is 5.83. The second kappa shape index (κ2) is 9.96. The Bertz CT molecular complexity index is 1010. The molecule has 3 rings (SSSR count). The molecule has 0 saturated heterocycles. The first-order valence-corrected chi connectivity index (χ1v) is 11.4. The molecular formula is C19H29N7O3S. The van der Waals surface area contributed by atoms with E-state index in [4.69, 9.17) is 5.73 Å². The highest BCUT2D eigenvalue weighted by Gasteiger charge is 2.24. The van der Waals surface area contributed by atoms with Crippen molar-refractivity contribution in [3.63, 3.8) is 0 Å². The normalized spacial score (nSPS) is 13.7. The smallest absolute Gasteiger partial charge is 0.330 e. The van der Waals surface area contributed by atoms with Crippen LogP contribution in [0.5, 0.6) is 0 Å². The number of anilines is 2. The standard InChI is InChI=1S/C19H29N7O3S/c1-3-5-10-26-16(20)15(17(28)21-18(26)29)24(4-2)14(27)12-30-19-23-22-13-9-7-6-8-11-25(13)19/h3-12,20H2,1-2H3,(H,21,28,29). The number of aromatic nitrogens is 5. The van der Waals surface area contributed by atoms with Gasteiger partial charge >= 0.3 is 5.69 Å². The van der Waals surface area contributed by atoms with Crippen molar-refractivity contribution in [1.82, 2.24) is 24.3 Å². The van der Waals surface area contributed by atoms with Crippen LogP contribution < -0.4 is 21.9 Å². The van der Waals surface area contributed by atoms with Crippen LogP contribution in [0.4, 0.5) is 11.5 Å². The summed E-state index contributed by atoms with van der Waals surface area (Å²) in [6.45, 7) is 5.27. The third-order valence-corrected chi connectivity index (χ3v) is 6.19. The van der Waals surface area contributed by atoms with Crippen molar-refractivity contribution in [1.29, 1.82) is 0 Å². The third kappa shape index (κ3) is 4.61. The van der Waals surface area contributed by atoms with Crippen LogP contribution in [-0.4, -0.2) is 42.5 Å². The van der Waals surface area contributed by atoms with E-state index in [-0.39, 0.29) is 29.7 Å². The number of unbranched alkanes of at least 4 members (excludes halogenated alkanes) is 1. The van der Waals surface area contributed by atoms with E-state index in [0.29, 0.717) is 11.7 Å². The molecule has 30 heavy (non-hydrogen) atoms. The molecule has 1 aliphatic heterocycles. The largest absolute Gasteiger partial charge is 0.383 e. The minimum absolute atomic E-state index is 0.0220. The van der Waals surface area contributed by atoms with Gasteiger partial charge < -0.3 is 15.2 Å². The van der Waals surface area contributed by atoms with Gasteiger partial charge in [0.2, 0.25) is 5.91 Å². The van der Waals surface area contributed by atoms with Crippen molar-refractivity contribution >= 4 is 29.2 Å². The number of nitrogens with two attached hydrogens (primary N) is 1. The van der Waals surface area contributed by atoms with Crippen LogP contribution in [0.2, 0.25) is 0 Å². The van der Waals surface area contributed by atoms with Crippen LogP contribution in [0.3, 0.4) is 0 Å². The molecule has 0 bridgehead atoms. The van der Waals surface area contributed by atoms with Crippen LogP contribution in [0.1, 0.15) is 51.8 Å². The molecule has 1 aliphatic rings. The minimum atomic E-state index is -0.651. The number of carbonyl (C=O) groups is 1. The molecule has 0 aromatic carbocycles. The van der Waals surface area contributed by atoms with Gasteiger partial charge in [0, 0.05) is 26.1 Å². The Labute approximate surface area is 178 Å². The molecule has 0 atom stereocenters. The van der Waals surface area contributed by atoms with Crippen molar-refractivity contribution in [3.05, 3.63) is 26.7 Å². The zero-order valence-electron chi connectivity index (χ0n) is 17.5. The van der Waals surface area contributed by atoms with Gasteiger partial charge in [-0.2, -0.15) is 0 Å². The van der Waals surface area contributed by atoms with E-state index >= 15 is 0 Å². The van der Waals surface area contributed by atoms with Crippen molar-refractivity contribution < 1.29 is 4.79 Å². The van der Waals surface area contributed by atoms with Crippen LogP contribution in [0.25, 0.3) is 0 Å². The summed E-state index contributed by atoms with van der Waals surface area (Å²) in [7, 11) is 0. The van der Waals surface area contributed by atoms with E-state index < -0.39 is 11.2 Å². The van der Waals surface area contributed by atoms with Gasteiger partial charge in [-0.15, -0.1) is 10.2 Å². The van der Waals surface area contributed by atoms with Gasteiger partial charge in [-0.3, -0.25) is 19.1 Å². The van der Waals surface area contributed by atoms with Gasteiger partial charge in [-0.05, 0) is 26.2 Å². The Hall–Kier alpha value is -2.56. The molecule has 0 aliphatic carbocycles. The maximum atomic E-state index is 13.0. The third-order valence-electron chi connectivity index (χ3n) is 5.24. The highest BCUT2D eigenvalue weighted by atomic mass is 32.2. The summed E-state index contributed by atoms with van der Waals surface area (Å²) in [5.74, 6) is 0.803. The maximum Gasteiger partial charge on any atom is 0.330 e. The second-order valence-electron chi connectivity index (χ2n) is 7.29. The average molecular weight is 436 g/mol. The topological polar surface area (TPSA) is 132 Å². The lowest BCUT2D eigenvalue weighted by Crippen LogP contribution is -2.41. The fourth-order valence-electron chi connectivity index (χ4n) is 3.60. The molecule has 0 spiro atoms. The van der Waals surface area contributed by atoms with Crippen molar-refractivity contribution in [2.45, 2.75) is 70.6 Å². The number of nitrogen functional groups attached to an aromatic ring is 1. The molecule has 0 radical (unpaired) electrons. The average Bonchev–Trinajstić information content (AvgIpc) is 2.95. The summed E-state index contributed by atoms with van der Waals surface area (Å²) in [6, 6.07) is 0. The summed E-state index contributed by atoms with van der Waals surface area (Å²) >= 11 is 1.31. The lowest BCUT2D eigenvalue weighted by Gasteiger charge is -2.23.